The molecule has 0 aliphatic carbocycles. The van der Waals surface area contributed by atoms with Crippen molar-refractivity contribution < 1.29 is 58.2 Å². The van der Waals surface area contributed by atoms with Gasteiger partial charge in [-0.15, -0.1) is 0 Å². The highest BCUT2D eigenvalue weighted by molar-refractivity contribution is 5.74. The first-order chi connectivity index (χ1) is 37.6. The molecule has 1 saturated heterocycles. The topological polar surface area (TPSA) is 175 Å². The molecule has 77 heavy (non-hydrogen) atoms. The van der Waals surface area contributed by atoms with Crippen molar-refractivity contribution in [3.05, 3.63) is 72.9 Å². The standard InChI is InChI=1S/C65H110O12/c1-4-7-10-13-16-19-22-25-28-29-32-33-36-39-42-45-48-51-57(66)73-54-56(75-58(67)52-49-46-43-40-37-34-30-26-23-20-17-14-11-8-5-2)55-74-65-63(61(70)60(69)62(77-65)64(71)72)76-59(68)53-50-47-44-41-38-35-31-27-24-21-18-15-12-9-6-3/h16-21,25-28,30-31,56,60-63,65,69-70H,4-15,22-24,29,32-55H2,1-3H3,(H,71,72)/b19-16-,20-17-,21-18-,28-25-,30-26-,31-27-. The van der Waals surface area contributed by atoms with E-state index in [1.165, 1.54) is 77.0 Å². The van der Waals surface area contributed by atoms with Gasteiger partial charge in [-0.2, -0.15) is 0 Å². The molecule has 0 amide bonds. The maximum absolute atomic E-state index is 13.2. The zero-order valence-electron chi connectivity index (χ0n) is 48.7. The summed E-state index contributed by atoms with van der Waals surface area (Å²) in [6.07, 6.45) is 54.3. The Morgan fingerprint density at radius 1 is 0.429 bits per heavy atom. The second kappa shape index (κ2) is 52.8. The molecule has 0 aromatic heterocycles. The number of carboxylic acids is 1. The number of aliphatic hydroxyl groups is 2. The van der Waals surface area contributed by atoms with Gasteiger partial charge >= 0.3 is 23.9 Å². The first-order valence-corrected chi connectivity index (χ1v) is 30.9. The Balaban J connectivity index is 2.70. The van der Waals surface area contributed by atoms with Crippen LogP contribution in [0.1, 0.15) is 265 Å². The normalized spacial score (nSPS) is 18.5. The minimum absolute atomic E-state index is 0.0405. The molecule has 0 radical (unpaired) electrons. The van der Waals surface area contributed by atoms with Crippen molar-refractivity contribution in [1.29, 1.82) is 0 Å². The molecule has 6 unspecified atom stereocenters. The van der Waals surface area contributed by atoms with E-state index in [9.17, 15) is 34.5 Å². The maximum Gasteiger partial charge on any atom is 0.335 e. The minimum atomic E-state index is -1.91. The van der Waals surface area contributed by atoms with E-state index < -0.39 is 67.3 Å². The van der Waals surface area contributed by atoms with Crippen LogP contribution in [0.25, 0.3) is 0 Å². The Bertz CT molecular complexity index is 1620. The van der Waals surface area contributed by atoms with Crippen molar-refractivity contribution in [2.75, 3.05) is 13.2 Å². The zero-order valence-corrected chi connectivity index (χ0v) is 48.7. The van der Waals surface area contributed by atoms with Gasteiger partial charge in [-0.25, -0.2) is 4.79 Å². The summed E-state index contributed by atoms with van der Waals surface area (Å²) in [5.41, 5.74) is 0. The number of hydrogen-bond donors (Lipinski definition) is 3. The van der Waals surface area contributed by atoms with Crippen LogP contribution in [0.15, 0.2) is 72.9 Å². The Kier molecular flexibility index (Phi) is 48.8. The van der Waals surface area contributed by atoms with Gasteiger partial charge in [0.05, 0.1) is 6.61 Å². The molecule has 0 aromatic carbocycles. The molecular formula is C65H110O12. The summed E-state index contributed by atoms with van der Waals surface area (Å²) in [4.78, 5) is 51.2. The van der Waals surface area contributed by atoms with Gasteiger partial charge in [-0.05, 0) is 116 Å². The predicted molar refractivity (Wildman–Crippen MR) is 312 cm³/mol. The van der Waals surface area contributed by atoms with Crippen molar-refractivity contribution >= 4 is 23.9 Å². The molecule has 1 fully saturated rings. The number of aliphatic hydroxyl groups excluding tert-OH is 2. The molecule has 3 N–H and O–H groups in total. The third-order valence-corrected chi connectivity index (χ3v) is 13.7. The Labute approximate surface area is 468 Å². The summed E-state index contributed by atoms with van der Waals surface area (Å²) >= 11 is 0. The van der Waals surface area contributed by atoms with Crippen LogP contribution in [0, 0.1) is 0 Å². The van der Waals surface area contributed by atoms with Gasteiger partial charge in [0.1, 0.15) is 18.8 Å². The molecule has 0 bridgehead atoms. The van der Waals surface area contributed by atoms with Gasteiger partial charge in [-0.3, -0.25) is 14.4 Å². The number of carbonyl (C=O) groups is 4. The largest absolute Gasteiger partial charge is 0.479 e. The zero-order chi connectivity index (χ0) is 56.1. The highest BCUT2D eigenvalue weighted by Crippen LogP contribution is 2.26. The lowest BCUT2D eigenvalue weighted by molar-refractivity contribution is -0.301. The summed E-state index contributed by atoms with van der Waals surface area (Å²) in [5, 5.41) is 31.5. The number of rotatable bonds is 52. The van der Waals surface area contributed by atoms with Crippen molar-refractivity contribution in [3.8, 4) is 0 Å². The first kappa shape index (κ1) is 71.2. The lowest BCUT2D eigenvalue weighted by Crippen LogP contribution is -2.61. The third-order valence-electron chi connectivity index (χ3n) is 13.7. The summed E-state index contributed by atoms with van der Waals surface area (Å²) < 4.78 is 28.4. The quantitative estimate of drug-likeness (QED) is 0.0228. The molecule has 1 aliphatic rings. The highest BCUT2D eigenvalue weighted by Gasteiger charge is 2.50. The Hall–Kier alpha value is -3.84. The van der Waals surface area contributed by atoms with Crippen LogP contribution in [-0.4, -0.2) is 89.2 Å². The van der Waals surface area contributed by atoms with Crippen LogP contribution in [0.2, 0.25) is 0 Å². The van der Waals surface area contributed by atoms with Crippen LogP contribution >= 0.6 is 0 Å². The van der Waals surface area contributed by atoms with E-state index in [0.29, 0.717) is 19.3 Å². The molecule has 1 aliphatic heterocycles. The minimum Gasteiger partial charge on any atom is -0.479 e. The van der Waals surface area contributed by atoms with Crippen molar-refractivity contribution in [1.82, 2.24) is 0 Å². The molecule has 0 saturated carbocycles. The number of hydrogen-bond acceptors (Lipinski definition) is 11. The summed E-state index contributed by atoms with van der Waals surface area (Å²) in [6.45, 7) is 5.90. The highest BCUT2D eigenvalue weighted by atomic mass is 16.7. The van der Waals surface area contributed by atoms with Gasteiger partial charge < -0.3 is 39.0 Å². The van der Waals surface area contributed by atoms with E-state index in [4.69, 9.17) is 23.7 Å². The maximum atomic E-state index is 13.2. The number of allylic oxidation sites excluding steroid dienone is 12. The third kappa shape index (κ3) is 42.7. The van der Waals surface area contributed by atoms with Gasteiger partial charge in [0.15, 0.2) is 24.6 Å². The second-order valence-electron chi connectivity index (χ2n) is 21.0. The average Bonchev–Trinajstić information content (AvgIpc) is 3.42. The predicted octanol–water partition coefficient (Wildman–Crippen LogP) is 16.1. The van der Waals surface area contributed by atoms with Gasteiger partial charge in [0.25, 0.3) is 0 Å². The molecule has 1 heterocycles. The van der Waals surface area contributed by atoms with Crippen molar-refractivity contribution in [2.45, 2.75) is 302 Å². The fraction of sp³-hybridized carbons (Fsp3) is 0.754. The van der Waals surface area contributed by atoms with E-state index in [0.717, 1.165) is 128 Å². The second-order valence-corrected chi connectivity index (χ2v) is 21.0. The lowest BCUT2D eigenvalue weighted by Gasteiger charge is -2.40. The summed E-state index contributed by atoms with van der Waals surface area (Å²) in [7, 11) is 0. The first-order valence-electron chi connectivity index (χ1n) is 30.9. The SMILES string of the molecule is CCCCC/C=C\C/C=C\CCCCCCCCCC(=O)OCC(COC1OC(C(=O)O)C(O)C(O)C1OC(=O)CCCCCCC/C=C\C/C=C\CCCCC)OC(=O)CCCCCCC/C=C\C/C=C\CCCCC. The van der Waals surface area contributed by atoms with Crippen LogP contribution in [-0.2, 0) is 42.9 Å². The van der Waals surface area contributed by atoms with E-state index >= 15 is 0 Å². The molecule has 12 heteroatoms. The molecule has 1 rings (SSSR count). The summed E-state index contributed by atoms with van der Waals surface area (Å²) in [5.74, 6) is -3.16. The fourth-order valence-corrected chi connectivity index (χ4v) is 8.93. The number of unbranched alkanes of at least 4 members (excludes halogenated alkanes) is 26. The van der Waals surface area contributed by atoms with E-state index in [1.54, 1.807) is 0 Å². The molecule has 442 valence electrons. The Morgan fingerprint density at radius 3 is 1.17 bits per heavy atom. The number of aliphatic carboxylic acids is 1. The number of carboxylic acid groups (broad SMARTS) is 1. The number of esters is 3. The smallest absolute Gasteiger partial charge is 0.335 e. The lowest BCUT2D eigenvalue weighted by atomic mass is 9.98. The van der Waals surface area contributed by atoms with E-state index in [1.807, 2.05) is 0 Å². The summed E-state index contributed by atoms with van der Waals surface area (Å²) in [6, 6.07) is 0. The number of ether oxygens (including phenoxy) is 5. The van der Waals surface area contributed by atoms with Gasteiger partial charge in [-0.1, -0.05) is 203 Å². The van der Waals surface area contributed by atoms with Crippen LogP contribution in [0.4, 0.5) is 0 Å². The van der Waals surface area contributed by atoms with Crippen LogP contribution < -0.4 is 0 Å². The molecule has 0 aromatic rings. The Morgan fingerprint density at radius 2 is 0.779 bits per heavy atom. The van der Waals surface area contributed by atoms with Crippen LogP contribution in [0.3, 0.4) is 0 Å². The average molecular weight is 1080 g/mol. The van der Waals surface area contributed by atoms with Gasteiger partial charge in [0, 0.05) is 19.3 Å². The van der Waals surface area contributed by atoms with Crippen molar-refractivity contribution in [2.24, 2.45) is 0 Å². The molecule has 0 spiro atoms. The number of carbonyl (C=O) groups excluding carboxylic acids is 3. The van der Waals surface area contributed by atoms with E-state index in [-0.39, 0.29) is 25.9 Å². The monoisotopic (exact) mass is 1080 g/mol. The van der Waals surface area contributed by atoms with E-state index in [2.05, 4.69) is 93.7 Å². The van der Waals surface area contributed by atoms with Crippen LogP contribution in [0.5, 0.6) is 0 Å². The van der Waals surface area contributed by atoms with Crippen molar-refractivity contribution in [3.63, 3.8) is 0 Å². The molecular weight excluding hydrogens is 973 g/mol. The molecule has 12 nitrogen and oxygen atoms in total. The fourth-order valence-electron chi connectivity index (χ4n) is 8.93. The molecule has 6 atom stereocenters. The van der Waals surface area contributed by atoms with Gasteiger partial charge in [0.2, 0.25) is 0 Å².